The van der Waals surface area contributed by atoms with E-state index >= 15 is 0 Å². The van der Waals surface area contributed by atoms with E-state index in [0.717, 1.165) is 5.56 Å². The summed E-state index contributed by atoms with van der Waals surface area (Å²) in [6.45, 7) is 0. The predicted octanol–water partition coefficient (Wildman–Crippen LogP) is 3.30. The summed E-state index contributed by atoms with van der Waals surface area (Å²) in [5.41, 5.74) is 1.22. The van der Waals surface area contributed by atoms with Gasteiger partial charge < -0.3 is 29.2 Å². The summed E-state index contributed by atoms with van der Waals surface area (Å²) in [4.78, 5) is 0. The molecular weight excluding hydrogens is 312 g/mol. The molecule has 0 fully saturated rings. The number of methoxy groups -OCH3 is 4. The molecular formula is C18H20O6. The van der Waals surface area contributed by atoms with Crippen molar-refractivity contribution in [2.24, 2.45) is 0 Å². The molecule has 6 nitrogen and oxygen atoms in total. The summed E-state index contributed by atoms with van der Waals surface area (Å²) < 4.78 is 20.8. The first-order valence-electron chi connectivity index (χ1n) is 7.12. The maximum Gasteiger partial charge on any atom is 0.203 e. The Balaban J connectivity index is 2.41. The first kappa shape index (κ1) is 17.3. The van der Waals surface area contributed by atoms with Gasteiger partial charge in [0, 0.05) is 11.6 Å². The van der Waals surface area contributed by atoms with Crippen molar-refractivity contribution < 1.29 is 29.2 Å². The van der Waals surface area contributed by atoms with E-state index in [4.69, 9.17) is 18.9 Å². The molecule has 2 aromatic rings. The van der Waals surface area contributed by atoms with E-state index in [1.807, 2.05) is 0 Å². The van der Waals surface area contributed by atoms with Gasteiger partial charge in [-0.2, -0.15) is 0 Å². The van der Waals surface area contributed by atoms with E-state index in [2.05, 4.69) is 0 Å². The molecule has 0 bridgehead atoms. The van der Waals surface area contributed by atoms with Crippen LogP contribution in [0.3, 0.4) is 0 Å². The Hall–Kier alpha value is -3.02. The summed E-state index contributed by atoms with van der Waals surface area (Å²) in [5.74, 6) is 1.70. The van der Waals surface area contributed by atoms with Crippen molar-refractivity contribution in [3.8, 4) is 34.5 Å². The first-order chi connectivity index (χ1) is 11.5. The smallest absolute Gasteiger partial charge is 0.203 e. The predicted molar refractivity (Wildman–Crippen MR) is 91.3 cm³/mol. The molecule has 0 aliphatic heterocycles. The quantitative estimate of drug-likeness (QED) is 0.624. The van der Waals surface area contributed by atoms with E-state index in [0.29, 0.717) is 22.8 Å². The zero-order valence-corrected chi connectivity index (χ0v) is 14.0. The molecule has 0 saturated carbocycles. The molecule has 0 heterocycles. The molecule has 0 aromatic heterocycles. The van der Waals surface area contributed by atoms with E-state index < -0.39 is 0 Å². The molecule has 2 rings (SSSR count). The highest BCUT2D eigenvalue weighted by atomic mass is 16.5. The highest BCUT2D eigenvalue weighted by Crippen LogP contribution is 2.39. The topological polar surface area (TPSA) is 77.4 Å². The molecule has 0 aliphatic carbocycles. The minimum Gasteiger partial charge on any atom is -0.507 e. The van der Waals surface area contributed by atoms with Crippen LogP contribution in [0.25, 0.3) is 12.2 Å². The number of rotatable bonds is 6. The lowest BCUT2D eigenvalue weighted by molar-refractivity contribution is 0.324. The summed E-state index contributed by atoms with van der Waals surface area (Å²) in [6.07, 6.45) is 3.42. The largest absolute Gasteiger partial charge is 0.507 e. The Bertz CT molecular complexity index is 726. The van der Waals surface area contributed by atoms with Crippen molar-refractivity contribution in [2.75, 3.05) is 28.4 Å². The highest BCUT2D eigenvalue weighted by molar-refractivity contribution is 5.76. The average Bonchev–Trinajstić information content (AvgIpc) is 2.60. The lowest BCUT2D eigenvalue weighted by Crippen LogP contribution is -1.95. The van der Waals surface area contributed by atoms with Crippen molar-refractivity contribution in [3.05, 3.63) is 35.4 Å². The van der Waals surface area contributed by atoms with E-state index in [1.54, 1.807) is 24.3 Å². The number of phenols is 2. The second kappa shape index (κ2) is 7.50. The van der Waals surface area contributed by atoms with Crippen LogP contribution >= 0.6 is 0 Å². The van der Waals surface area contributed by atoms with Gasteiger partial charge in [-0.15, -0.1) is 0 Å². The normalized spacial score (nSPS) is 10.7. The molecule has 2 aromatic carbocycles. The SMILES string of the molecule is COc1cc(O)c(/C=C\c2cc(OC)c(OC)c(OC)c2)cc1O. The van der Waals surface area contributed by atoms with E-state index in [1.165, 1.54) is 40.6 Å². The number of benzene rings is 2. The highest BCUT2D eigenvalue weighted by Gasteiger charge is 2.12. The Morgan fingerprint density at radius 1 is 0.667 bits per heavy atom. The zero-order chi connectivity index (χ0) is 17.7. The van der Waals surface area contributed by atoms with Gasteiger partial charge in [0.25, 0.3) is 0 Å². The molecule has 128 valence electrons. The third-order valence-electron chi connectivity index (χ3n) is 3.47. The van der Waals surface area contributed by atoms with Gasteiger partial charge >= 0.3 is 0 Å². The number of ether oxygens (including phenoxy) is 4. The third-order valence-corrected chi connectivity index (χ3v) is 3.47. The Morgan fingerprint density at radius 2 is 1.25 bits per heavy atom. The maximum absolute atomic E-state index is 10.00. The summed E-state index contributed by atoms with van der Waals surface area (Å²) >= 11 is 0. The van der Waals surface area contributed by atoms with Crippen LogP contribution in [0.4, 0.5) is 0 Å². The van der Waals surface area contributed by atoms with Crippen molar-refractivity contribution in [1.29, 1.82) is 0 Å². The molecule has 0 saturated heterocycles. The number of hydrogen-bond donors (Lipinski definition) is 2. The third kappa shape index (κ3) is 3.48. The second-order valence-corrected chi connectivity index (χ2v) is 4.87. The molecule has 0 unspecified atom stereocenters. The van der Waals surface area contributed by atoms with Gasteiger partial charge in [0.1, 0.15) is 5.75 Å². The molecule has 0 atom stereocenters. The minimum absolute atomic E-state index is 0.00617. The summed E-state index contributed by atoms with van der Waals surface area (Å²) in [5, 5.41) is 19.8. The number of aromatic hydroxyl groups is 2. The summed E-state index contributed by atoms with van der Waals surface area (Å²) in [7, 11) is 6.03. The molecule has 0 spiro atoms. The van der Waals surface area contributed by atoms with Crippen molar-refractivity contribution in [2.45, 2.75) is 0 Å². The Labute approximate surface area is 140 Å². The molecule has 2 N–H and O–H groups in total. The van der Waals surface area contributed by atoms with Crippen molar-refractivity contribution >= 4 is 12.2 Å². The van der Waals surface area contributed by atoms with Gasteiger partial charge in [-0.05, 0) is 23.8 Å². The van der Waals surface area contributed by atoms with Gasteiger partial charge in [0.15, 0.2) is 23.0 Å². The van der Waals surface area contributed by atoms with Crippen LogP contribution in [0.15, 0.2) is 24.3 Å². The number of phenolic OH excluding ortho intramolecular Hbond substituents is 2. The van der Waals surface area contributed by atoms with Crippen LogP contribution < -0.4 is 18.9 Å². The van der Waals surface area contributed by atoms with Crippen LogP contribution in [-0.4, -0.2) is 38.7 Å². The van der Waals surface area contributed by atoms with Crippen LogP contribution in [-0.2, 0) is 0 Å². The van der Waals surface area contributed by atoms with Gasteiger partial charge in [0.2, 0.25) is 5.75 Å². The maximum atomic E-state index is 10.00. The molecule has 0 aliphatic rings. The first-order valence-corrected chi connectivity index (χ1v) is 7.12. The lowest BCUT2D eigenvalue weighted by Gasteiger charge is -2.13. The van der Waals surface area contributed by atoms with Crippen LogP contribution in [0, 0.1) is 0 Å². The van der Waals surface area contributed by atoms with Gasteiger partial charge in [-0.25, -0.2) is 0 Å². The fourth-order valence-corrected chi connectivity index (χ4v) is 2.25. The minimum atomic E-state index is -0.0557. The Morgan fingerprint density at radius 3 is 1.75 bits per heavy atom. The lowest BCUT2D eigenvalue weighted by atomic mass is 10.1. The Kier molecular flexibility index (Phi) is 5.42. The van der Waals surface area contributed by atoms with Crippen LogP contribution in [0.2, 0.25) is 0 Å². The average molecular weight is 332 g/mol. The van der Waals surface area contributed by atoms with Gasteiger partial charge in [-0.3, -0.25) is 0 Å². The van der Waals surface area contributed by atoms with Gasteiger partial charge in [-0.1, -0.05) is 12.2 Å². The second-order valence-electron chi connectivity index (χ2n) is 4.87. The van der Waals surface area contributed by atoms with Crippen LogP contribution in [0.1, 0.15) is 11.1 Å². The van der Waals surface area contributed by atoms with Crippen LogP contribution in [0.5, 0.6) is 34.5 Å². The number of hydrogen-bond acceptors (Lipinski definition) is 6. The fraction of sp³-hybridized carbons (Fsp3) is 0.222. The van der Waals surface area contributed by atoms with Crippen molar-refractivity contribution in [3.63, 3.8) is 0 Å². The van der Waals surface area contributed by atoms with E-state index in [9.17, 15) is 10.2 Å². The molecule has 0 radical (unpaired) electrons. The zero-order valence-electron chi connectivity index (χ0n) is 14.0. The summed E-state index contributed by atoms with van der Waals surface area (Å²) in [6, 6.07) is 6.32. The molecule has 24 heavy (non-hydrogen) atoms. The monoisotopic (exact) mass is 332 g/mol. The molecule has 6 heteroatoms. The van der Waals surface area contributed by atoms with Gasteiger partial charge in [0.05, 0.1) is 28.4 Å². The molecule has 0 amide bonds. The standard InChI is InChI=1S/C18H20O6/c1-21-15-10-13(19)12(9-14(15)20)6-5-11-7-16(22-2)18(24-4)17(8-11)23-3/h5-10,19-20H,1-4H3/b6-5-. The fourth-order valence-electron chi connectivity index (χ4n) is 2.25. The van der Waals surface area contributed by atoms with Crippen molar-refractivity contribution in [1.82, 2.24) is 0 Å². The van der Waals surface area contributed by atoms with E-state index in [-0.39, 0.29) is 17.2 Å².